The maximum Gasteiger partial charge on any atom is 0.490 e. The van der Waals surface area contributed by atoms with Crippen molar-refractivity contribution < 1.29 is 60.1 Å². The van der Waals surface area contributed by atoms with Gasteiger partial charge in [-0.2, -0.15) is 37.7 Å². The molecule has 2 fully saturated rings. The van der Waals surface area contributed by atoms with Crippen LogP contribution in [-0.4, -0.2) is 87.0 Å². The summed E-state index contributed by atoms with van der Waals surface area (Å²) in [7, 11) is 0. The molecule has 2 N–H and O–H groups in total. The van der Waals surface area contributed by atoms with E-state index in [0.717, 1.165) is 16.7 Å². The summed E-state index contributed by atoms with van der Waals surface area (Å²) in [5.74, 6) is -5.87. The van der Waals surface area contributed by atoms with E-state index in [1.807, 2.05) is 34.7 Å². The van der Waals surface area contributed by atoms with Crippen molar-refractivity contribution in [3.05, 3.63) is 88.1 Å². The summed E-state index contributed by atoms with van der Waals surface area (Å²) < 4.78 is 83.5. The summed E-state index contributed by atoms with van der Waals surface area (Å²) in [4.78, 5) is 40.0. The third-order valence-corrected chi connectivity index (χ3v) is 7.38. The molecule has 0 saturated carbocycles. The molecule has 0 aliphatic carbocycles. The van der Waals surface area contributed by atoms with Gasteiger partial charge in [0.05, 0.1) is 6.61 Å². The van der Waals surface area contributed by atoms with E-state index >= 15 is 0 Å². The van der Waals surface area contributed by atoms with Gasteiger partial charge in [-0.1, -0.05) is 18.2 Å². The summed E-state index contributed by atoms with van der Waals surface area (Å²) >= 11 is 1.64. The molecule has 4 heterocycles. The van der Waals surface area contributed by atoms with E-state index in [0.29, 0.717) is 39.3 Å². The average Bonchev–Trinajstić information content (AvgIpc) is 3.60. The molecule has 3 aromatic rings. The Hall–Kier alpha value is -4.09. The predicted octanol–water partition coefficient (Wildman–Crippen LogP) is 4.95. The van der Waals surface area contributed by atoms with Crippen LogP contribution in [0.5, 0.6) is 0 Å². The number of amides is 1. The van der Waals surface area contributed by atoms with Crippen molar-refractivity contribution in [1.29, 1.82) is 0 Å². The van der Waals surface area contributed by atoms with Crippen LogP contribution in [0.25, 0.3) is 0 Å². The molecule has 2 aliphatic rings. The number of carbonyl (C=O) groups excluding carboxylic acids is 1. The third kappa shape index (κ3) is 9.70. The second-order valence-corrected chi connectivity index (χ2v) is 10.6. The number of aromatic nitrogens is 1. The van der Waals surface area contributed by atoms with Crippen LogP contribution >= 0.6 is 11.3 Å². The normalized spacial score (nSPS) is 20.2. The zero-order chi connectivity index (χ0) is 33.4. The van der Waals surface area contributed by atoms with Crippen LogP contribution in [0.1, 0.15) is 22.6 Å². The number of carboxylic acids is 2. The lowest BCUT2D eigenvalue weighted by atomic mass is 9.83. The van der Waals surface area contributed by atoms with Gasteiger partial charge in [-0.15, -0.1) is 0 Å². The van der Waals surface area contributed by atoms with E-state index in [2.05, 4.69) is 21.3 Å². The first kappa shape index (κ1) is 35.4. The summed E-state index contributed by atoms with van der Waals surface area (Å²) in [5.41, 5.74) is 2.07. The van der Waals surface area contributed by atoms with Gasteiger partial charge in [-0.25, -0.2) is 14.0 Å². The van der Waals surface area contributed by atoms with Gasteiger partial charge in [0.1, 0.15) is 5.82 Å². The van der Waals surface area contributed by atoms with Crippen LogP contribution in [0, 0.1) is 5.82 Å². The van der Waals surface area contributed by atoms with Crippen molar-refractivity contribution in [3.63, 3.8) is 0 Å². The Kier molecular flexibility index (Phi) is 11.6. The largest absolute Gasteiger partial charge is 0.490 e. The highest BCUT2D eigenvalue weighted by Crippen LogP contribution is 2.42. The van der Waals surface area contributed by atoms with Gasteiger partial charge in [-0.3, -0.25) is 14.7 Å². The average molecular weight is 666 g/mol. The zero-order valence-electron chi connectivity index (χ0n) is 23.1. The molecule has 2 unspecified atom stereocenters. The van der Waals surface area contributed by atoms with E-state index in [1.54, 1.807) is 29.7 Å². The minimum atomic E-state index is -5.08. The minimum absolute atomic E-state index is 0.0283. The van der Waals surface area contributed by atoms with Crippen molar-refractivity contribution in [2.75, 3.05) is 26.2 Å². The number of benzene rings is 1. The van der Waals surface area contributed by atoms with Crippen LogP contribution in [0.3, 0.4) is 0 Å². The van der Waals surface area contributed by atoms with Crippen LogP contribution in [-0.2, 0) is 32.2 Å². The van der Waals surface area contributed by atoms with Gasteiger partial charge in [-0.05, 0) is 51.7 Å². The van der Waals surface area contributed by atoms with Crippen LogP contribution in [0.2, 0.25) is 0 Å². The molecule has 244 valence electrons. The van der Waals surface area contributed by atoms with Crippen LogP contribution in [0.4, 0.5) is 30.7 Å². The Labute approximate surface area is 255 Å². The number of likely N-dealkylation sites (tertiary alicyclic amines) is 1. The monoisotopic (exact) mass is 665 g/mol. The van der Waals surface area contributed by atoms with Gasteiger partial charge in [0.2, 0.25) is 0 Å². The number of thiophene rings is 1. The van der Waals surface area contributed by atoms with Gasteiger partial charge in [0, 0.05) is 51.0 Å². The van der Waals surface area contributed by atoms with Gasteiger partial charge in [0.25, 0.3) is 5.91 Å². The summed E-state index contributed by atoms with van der Waals surface area (Å²) in [6.07, 6.45) is -6.60. The molecule has 1 spiro atoms. The summed E-state index contributed by atoms with van der Waals surface area (Å²) in [5, 5.41) is 18.4. The topological polar surface area (TPSA) is 120 Å². The molecule has 0 radical (unpaired) electrons. The lowest BCUT2D eigenvalue weighted by Gasteiger charge is -2.42. The number of hydrogen-bond acceptors (Lipinski definition) is 7. The first-order chi connectivity index (χ1) is 21.0. The second kappa shape index (κ2) is 14.8. The molecular formula is C28H26F7N3O6S. The Balaban J connectivity index is 0.000000331. The molecule has 1 amide bonds. The molecule has 2 aliphatic heterocycles. The van der Waals surface area contributed by atoms with Gasteiger partial charge >= 0.3 is 24.3 Å². The first-order valence-electron chi connectivity index (χ1n) is 12.9. The lowest BCUT2D eigenvalue weighted by molar-refractivity contribution is -0.193. The number of halogens is 7. The first-order valence-corrected chi connectivity index (χ1v) is 13.9. The number of pyridine rings is 1. The van der Waals surface area contributed by atoms with E-state index < -0.39 is 29.9 Å². The molecule has 17 heteroatoms. The van der Waals surface area contributed by atoms with Crippen molar-refractivity contribution in [1.82, 2.24) is 14.8 Å². The van der Waals surface area contributed by atoms with Crippen molar-refractivity contribution in [2.45, 2.75) is 37.0 Å². The zero-order valence-corrected chi connectivity index (χ0v) is 23.9. The highest BCUT2D eigenvalue weighted by atomic mass is 32.1. The molecular weight excluding hydrogens is 639 g/mol. The number of morpholine rings is 1. The fourth-order valence-electron chi connectivity index (χ4n) is 4.77. The molecule has 2 saturated heterocycles. The minimum Gasteiger partial charge on any atom is -0.475 e. The lowest BCUT2D eigenvalue weighted by Crippen LogP contribution is -2.59. The number of carboxylic acid groups (broad SMARTS) is 2. The Morgan fingerprint density at radius 1 is 1.00 bits per heavy atom. The molecule has 2 atom stereocenters. The Bertz CT molecular complexity index is 1420. The standard InChI is InChI=1S/C24H24FN3O2S.2C2HF3O2/c25-21-5-1-3-18(11-21)13-27-15-22(20-4-2-7-26-12-20)24(17-27)23(29)28(8-9-30-24)14-19-6-10-31-16-19;2*3-2(4,5)1(6)7/h1-7,10-12,16,22H,8-9,13-15,17H2;2*(H,6,7). The maximum atomic E-state index is 13.8. The molecule has 5 rings (SSSR count). The molecule has 2 aromatic heterocycles. The molecule has 45 heavy (non-hydrogen) atoms. The SMILES string of the molecule is O=C(O)C(F)(F)F.O=C(O)C(F)(F)F.O=C1N(Cc2ccsc2)CCOC12CN(Cc1cccc(F)c1)CC2c1cccnc1. The van der Waals surface area contributed by atoms with Crippen LogP contribution < -0.4 is 0 Å². The van der Waals surface area contributed by atoms with E-state index in [-0.39, 0.29) is 17.6 Å². The van der Waals surface area contributed by atoms with Gasteiger partial charge in [0.15, 0.2) is 5.60 Å². The van der Waals surface area contributed by atoms with Crippen molar-refractivity contribution >= 4 is 29.2 Å². The van der Waals surface area contributed by atoms with Crippen molar-refractivity contribution in [3.8, 4) is 0 Å². The summed E-state index contributed by atoms with van der Waals surface area (Å²) in [6.45, 7) is 3.37. The molecule has 0 bridgehead atoms. The fourth-order valence-corrected chi connectivity index (χ4v) is 5.43. The smallest absolute Gasteiger partial charge is 0.475 e. The molecule has 1 aromatic carbocycles. The number of aliphatic carboxylic acids is 2. The maximum absolute atomic E-state index is 13.8. The predicted molar refractivity (Wildman–Crippen MR) is 144 cm³/mol. The number of rotatable bonds is 5. The number of carbonyl (C=O) groups is 3. The Morgan fingerprint density at radius 3 is 2.20 bits per heavy atom. The number of ether oxygens (including phenoxy) is 1. The highest BCUT2D eigenvalue weighted by Gasteiger charge is 2.57. The van der Waals surface area contributed by atoms with Gasteiger partial charge < -0.3 is 19.8 Å². The third-order valence-electron chi connectivity index (χ3n) is 6.65. The van der Waals surface area contributed by atoms with E-state index in [4.69, 9.17) is 24.5 Å². The van der Waals surface area contributed by atoms with E-state index in [9.17, 15) is 35.5 Å². The highest BCUT2D eigenvalue weighted by molar-refractivity contribution is 7.07. The molecule has 9 nitrogen and oxygen atoms in total. The number of hydrogen-bond donors (Lipinski definition) is 2. The van der Waals surface area contributed by atoms with Crippen molar-refractivity contribution in [2.24, 2.45) is 0 Å². The number of alkyl halides is 6. The number of nitrogens with zero attached hydrogens (tertiary/aromatic N) is 3. The van der Waals surface area contributed by atoms with E-state index in [1.165, 1.54) is 6.07 Å². The second-order valence-electron chi connectivity index (χ2n) is 9.84. The Morgan fingerprint density at radius 2 is 1.67 bits per heavy atom. The summed E-state index contributed by atoms with van der Waals surface area (Å²) in [6, 6.07) is 12.6. The fraction of sp³-hybridized carbons (Fsp3) is 0.357. The quantitative estimate of drug-likeness (QED) is 0.368. The van der Waals surface area contributed by atoms with Crippen LogP contribution in [0.15, 0.2) is 65.6 Å².